The van der Waals surface area contributed by atoms with Gasteiger partial charge in [-0.15, -0.1) is 0 Å². The summed E-state index contributed by atoms with van der Waals surface area (Å²) in [6.45, 7) is 3.54. The van der Waals surface area contributed by atoms with E-state index in [4.69, 9.17) is 0 Å². The topological polar surface area (TPSA) is 34.9 Å². The Morgan fingerprint density at radius 1 is 1.73 bits per heavy atom. The molecule has 60 valence electrons. The number of rotatable bonds is 2. The van der Waals surface area contributed by atoms with E-state index >= 15 is 0 Å². The first kappa shape index (κ1) is 7.98. The number of hydrogen-bond donors (Lipinski definition) is 0. The van der Waals surface area contributed by atoms with E-state index in [1.807, 2.05) is 18.5 Å². The molecule has 1 aromatic rings. The van der Waals surface area contributed by atoms with Crippen molar-refractivity contribution in [2.24, 2.45) is 7.05 Å². The average Bonchev–Trinajstić information content (AvgIpc) is 2.18. The summed E-state index contributed by atoms with van der Waals surface area (Å²) in [6, 6.07) is 0. The molecule has 0 N–H and O–H groups in total. The highest BCUT2D eigenvalue weighted by atomic mass is 16.1. The third-order valence-corrected chi connectivity index (χ3v) is 1.72. The summed E-state index contributed by atoms with van der Waals surface area (Å²) in [5.41, 5.74) is 1.08. The number of hydrogen-bond acceptors (Lipinski definition) is 2. The lowest BCUT2D eigenvalue weighted by atomic mass is 10.3. The van der Waals surface area contributed by atoms with Crippen LogP contribution in [-0.4, -0.2) is 15.3 Å². The van der Waals surface area contributed by atoms with Gasteiger partial charge in [0.05, 0.1) is 6.42 Å². The first-order chi connectivity index (χ1) is 5.11. The molecule has 0 aliphatic carbocycles. The molecular weight excluding hydrogens is 140 g/mol. The zero-order valence-electron chi connectivity index (χ0n) is 7.09. The first-order valence-corrected chi connectivity index (χ1v) is 3.58. The van der Waals surface area contributed by atoms with Crippen molar-refractivity contribution < 1.29 is 4.79 Å². The van der Waals surface area contributed by atoms with Crippen LogP contribution < -0.4 is 0 Å². The molecule has 1 aromatic heterocycles. The number of nitrogens with zero attached hydrogens (tertiary/aromatic N) is 2. The Morgan fingerprint density at radius 2 is 2.36 bits per heavy atom. The van der Waals surface area contributed by atoms with Gasteiger partial charge in [0.1, 0.15) is 11.6 Å². The summed E-state index contributed by atoms with van der Waals surface area (Å²) < 4.78 is 1.93. The Hall–Kier alpha value is -1.12. The number of imidazole rings is 1. The minimum atomic E-state index is 0.152. The van der Waals surface area contributed by atoms with E-state index < -0.39 is 0 Å². The molecule has 1 rings (SSSR count). The Balaban J connectivity index is 2.87. The zero-order valence-corrected chi connectivity index (χ0v) is 7.09. The lowest BCUT2D eigenvalue weighted by molar-refractivity contribution is -0.116. The number of ketones is 1. The number of carbonyl (C=O) groups is 1. The molecule has 0 aliphatic rings. The van der Waals surface area contributed by atoms with Gasteiger partial charge in [0.15, 0.2) is 0 Å². The fraction of sp³-hybridized carbons (Fsp3) is 0.500. The van der Waals surface area contributed by atoms with Gasteiger partial charge in [-0.05, 0) is 13.8 Å². The molecule has 3 nitrogen and oxygen atoms in total. The lowest BCUT2D eigenvalue weighted by Gasteiger charge is -1.99. The van der Waals surface area contributed by atoms with Crippen molar-refractivity contribution in [1.82, 2.24) is 9.55 Å². The highest BCUT2D eigenvalue weighted by Crippen LogP contribution is 2.01. The third-order valence-electron chi connectivity index (χ3n) is 1.72. The van der Waals surface area contributed by atoms with Crippen LogP contribution in [0.15, 0.2) is 6.20 Å². The van der Waals surface area contributed by atoms with Gasteiger partial charge in [-0.25, -0.2) is 4.98 Å². The van der Waals surface area contributed by atoms with Crippen LogP contribution in [0.4, 0.5) is 0 Å². The van der Waals surface area contributed by atoms with Crippen molar-refractivity contribution in [3.05, 3.63) is 17.7 Å². The van der Waals surface area contributed by atoms with E-state index in [0.29, 0.717) is 6.42 Å². The molecule has 0 saturated heterocycles. The number of aromatic nitrogens is 2. The second kappa shape index (κ2) is 2.86. The summed E-state index contributed by atoms with van der Waals surface area (Å²) >= 11 is 0. The van der Waals surface area contributed by atoms with E-state index in [-0.39, 0.29) is 5.78 Å². The molecular formula is C8H12N2O. The molecule has 0 fully saturated rings. The standard InChI is InChI=1S/C8H12N2O/c1-6-5-9-8(10(6)3)4-7(2)11/h5H,4H2,1-3H3. The first-order valence-electron chi connectivity index (χ1n) is 3.58. The maximum absolute atomic E-state index is 10.7. The summed E-state index contributed by atoms with van der Waals surface area (Å²) in [6.07, 6.45) is 2.21. The van der Waals surface area contributed by atoms with Gasteiger partial charge in [0.25, 0.3) is 0 Å². The number of Topliss-reactive ketones (excluding diaryl/α,β-unsaturated/α-hetero) is 1. The molecule has 0 bridgehead atoms. The van der Waals surface area contributed by atoms with E-state index in [9.17, 15) is 4.79 Å². The summed E-state index contributed by atoms with van der Waals surface area (Å²) in [5, 5.41) is 0. The van der Waals surface area contributed by atoms with Gasteiger partial charge in [-0.1, -0.05) is 0 Å². The van der Waals surface area contributed by atoms with Crippen molar-refractivity contribution in [3.63, 3.8) is 0 Å². The quantitative estimate of drug-likeness (QED) is 0.630. The van der Waals surface area contributed by atoms with Crippen LogP contribution >= 0.6 is 0 Å². The predicted molar refractivity (Wildman–Crippen MR) is 42.3 cm³/mol. The number of aryl methyl sites for hydroxylation is 1. The molecule has 0 aromatic carbocycles. The SMILES string of the molecule is CC(=O)Cc1ncc(C)n1C. The van der Waals surface area contributed by atoms with Gasteiger partial charge < -0.3 is 4.57 Å². The molecule has 0 radical (unpaired) electrons. The molecule has 0 unspecified atom stereocenters. The summed E-state index contributed by atoms with van der Waals surface area (Å²) in [5.74, 6) is 0.994. The fourth-order valence-electron chi connectivity index (χ4n) is 0.932. The highest BCUT2D eigenvalue weighted by Gasteiger charge is 2.04. The monoisotopic (exact) mass is 152 g/mol. The van der Waals surface area contributed by atoms with Crippen molar-refractivity contribution in [2.45, 2.75) is 20.3 Å². The van der Waals surface area contributed by atoms with Crippen molar-refractivity contribution >= 4 is 5.78 Å². The Labute approximate surface area is 66.1 Å². The Morgan fingerprint density at radius 3 is 2.73 bits per heavy atom. The summed E-state index contributed by atoms with van der Waals surface area (Å²) in [4.78, 5) is 14.8. The molecule has 1 heterocycles. The fourth-order valence-corrected chi connectivity index (χ4v) is 0.932. The highest BCUT2D eigenvalue weighted by molar-refractivity contribution is 5.77. The molecule has 3 heteroatoms. The van der Waals surface area contributed by atoms with Crippen LogP contribution in [-0.2, 0) is 18.3 Å². The lowest BCUT2D eigenvalue weighted by Crippen LogP contribution is -2.04. The largest absolute Gasteiger partial charge is 0.335 e. The smallest absolute Gasteiger partial charge is 0.137 e. The normalized spacial score (nSPS) is 10.1. The molecule has 0 amide bonds. The van der Waals surface area contributed by atoms with Crippen molar-refractivity contribution in [3.8, 4) is 0 Å². The van der Waals surface area contributed by atoms with Gasteiger partial charge in [0.2, 0.25) is 0 Å². The van der Waals surface area contributed by atoms with Crippen LogP contribution in [0.25, 0.3) is 0 Å². The minimum absolute atomic E-state index is 0.152. The molecule has 0 spiro atoms. The van der Waals surface area contributed by atoms with Gasteiger partial charge in [-0.3, -0.25) is 4.79 Å². The average molecular weight is 152 g/mol. The van der Waals surface area contributed by atoms with E-state index in [0.717, 1.165) is 11.5 Å². The van der Waals surface area contributed by atoms with Crippen LogP contribution in [0, 0.1) is 6.92 Å². The molecule has 0 aliphatic heterocycles. The van der Waals surface area contributed by atoms with Crippen molar-refractivity contribution in [2.75, 3.05) is 0 Å². The second-order valence-corrected chi connectivity index (χ2v) is 2.75. The van der Waals surface area contributed by atoms with Gasteiger partial charge in [0, 0.05) is 18.9 Å². The van der Waals surface area contributed by atoms with E-state index in [1.165, 1.54) is 0 Å². The van der Waals surface area contributed by atoms with Crippen LogP contribution in [0.1, 0.15) is 18.4 Å². The van der Waals surface area contributed by atoms with Gasteiger partial charge in [-0.2, -0.15) is 0 Å². The molecule has 0 atom stereocenters. The van der Waals surface area contributed by atoms with Crippen LogP contribution in [0.3, 0.4) is 0 Å². The van der Waals surface area contributed by atoms with Crippen molar-refractivity contribution in [1.29, 1.82) is 0 Å². The van der Waals surface area contributed by atoms with Gasteiger partial charge >= 0.3 is 0 Å². The van der Waals surface area contributed by atoms with E-state index in [2.05, 4.69) is 4.98 Å². The maximum Gasteiger partial charge on any atom is 0.137 e. The van der Waals surface area contributed by atoms with Crippen LogP contribution in [0.5, 0.6) is 0 Å². The predicted octanol–water partition coefficient (Wildman–Crippen LogP) is 0.860. The Bertz CT molecular complexity index is 276. The van der Waals surface area contributed by atoms with Crippen LogP contribution in [0.2, 0.25) is 0 Å². The maximum atomic E-state index is 10.7. The molecule has 11 heavy (non-hydrogen) atoms. The third kappa shape index (κ3) is 1.67. The second-order valence-electron chi connectivity index (χ2n) is 2.75. The zero-order chi connectivity index (χ0) is 8.43. The Kier molecular flexibility index (Phi) is 2.08. The van der Waals surface area contributed by atoms with E-state index in [1.54, 1.807) is 13.1 Å². The summed E-state index contributed by atoms with van der Waals surface area (Å²) in [7, 11) is 1.92. The molecule has 0 saturated carbocycles. The minimum Gasteiger partial charge on any atom is -0.335 e. The number of carbonyl (C=O) groups excluding carboxylic acids is 1.